The average Bonchev–Trinajstić information content (AvgIpc) is 2.62. The van der Waals surface area contributed by atoms with Gasteiger partial charge in [0, 0.05) is 51.9 Å². The molecule has 0 saturated carbocycles. The minimum absolute atomic E-state index is 0.231. The number of hydrogen-bond acceptors (Lipinski definition) is 4. The molecule has 0 aliphatic carbocycles. The molecule has 0 saturated heterocycles. The molecule has 3 rings (SSSR count). The quantitative estimate of drug-likeness (QED) is 0.849. The molecule has 1 aromatic carbocycles. The second-order valence-corrected chi connectivity index (χ2v) is 6.53. The van der Waals surface area contributed by atoms with Gasteiger partial charge in [-0.05, 0) is 24.1 Å². The van der Waals surface area contributed by atoms with Crippen molar-refractivity contribution in [3.05, 3.63) is 65.0 Å². The first-order valence-electron chi connectivity index (χ1n) is 8.72. The van der Waals surface area contributed by atoms with Gasteiger partial charge in [0.1, 0.15) is 0 Å². The first kappa shape index (κ1) is 17.1. The predicted octanol–water partition coefficient (Wildman–Crippen LogP) is 2.76. The number of fused-ring (bicyclic) bond motifs is 1. The van der Waals surface area contributed by atoms with E-state index in [9.17, 15) is 0 Å². The lowest BCUT2D eigenvalue weighted by Gasteiger charge is -2.28. The van der Waals surface area contributed by atoms with E-state index in [4.69, 9.17) is 9.72 Å². The minimum Gasteiger partial charge on any atom is -0.380 e. The van der Waals surface area contributed by atoms with Crippen LogP contribution in [0.2, 0.25) is 0 Å². The van der Waals surface area contributed by atoms with E-state index in [0.29, 0.717) is 0 Å². The van der Waals surface area contributed by atoms with Crippen molar-refractivity contribution in [1.29, 1.82) is 0 Å². The molecule has 0 amide bonds. The first-order valence-corrected chi connectivity index (χ1v) is 8.72. The number of nitrogens with one attached hydrogen (secondary N) is 1. The smallest absolute Gasteiger partial charge is 0.0667 e. The molecule has 4 heteroatoms. The van der Waals surface area contributed by atoms with Crippen LogP contribution in [0.1, 0.15) is 29.4 Å². The molecule has 0 bridgehead atoms. The lowest BCUT2D eigenvalue weighted by atomic mass is 10.0. The van der Waals surface area contributed by atoms with E-state index in [2.05, 4.69) is 59.6 Å². The van der Waals surface area contributed by atoms with Crippen LogP contribution in [0.25, 0.3) is 0 Å². The summed E-state index contributed by atoms with van der Waals surface area (Å²) in [5, 5.41) is 3.40. The highest BCUT2D eigenvalue weighted by molar-refractivity contribution is 5.26. The van der Waals surface area contributed by atoms with E-state index < -0.39 is 0 Å². The van der Waals surface area contributed by atoms with Crippen molar-refractivity contribution in [3.63, 3.8) is 0 Å². The maximum atomic E-state index is 5.25. The second-order valence-electron chi connectivity index (χ2n) is 6.53. The van der Waals surface area contributed by atoms with Crippen LogP contribution in [0.3, 0.4) is 0 Å². The van der Waals surface area contributed by atoms with Gasteiger partial charge in [-0.3, -0.25) is 9.88 Å². The summed E-state index contributed by atoms with van der Waals surface area (Å²) in [6, 6.07) is 15.1. The zero-order chi connectivity index (χ0) is 16.8. The first-order chi connectivity index (χ1) is 11.7. The number of hydrogen-bond donors (Lipinski definition) is 1. The van der Waals surface area contributed by atoms with Gasteiger partial charge in [0.25, 0.3) is 0 Å². The average molecular weight is 325 g/mol. The Balaban J connectivity index is 1.56. The van der Waals surface area contributed by atoms with Gasteiger partial charge in [-0.25, -0.2) is 0 Å². The van der Waals surface area contributed by atoms with Crippen LogP contribution in [0.15, 0.2) is 42.5 Å². The molecule has 1 aliphatic rings. The zero-order valence-corrected chi connectivity index (χ0v) is 14.7. The van der Waals surface area contributed by atoms with Crippen molar-refractivity contribution in [3.8, 4) is 0 Å². The summed E-state index contributed by atoms with van der Waals surface area (Å²) in [5.74, 6) is 0. The second kappa shape index (κ2) is 8.38. The topological polar surface area (TPSA) is 37.4 Å². The van der Waals surface area contributed by atoms with E-state index in [1.165, 1.54) is 16.8 Å². The highest BCUT2D eigenvalue weighted by Gasteiger charge is 2.17. The van der Waals surface area contributed by atoms with Crippen molar-refractivity contribution in [2.45, 2.75) is 39.1 Å². The highest BCUT2D eigenvalue weighted by Crippen LogP contribution is 2.19. The van der Waals surface area contributed by atoms with Crippen molar-refractivity contribution >= 4 is 0 Å². The van der Waals surface area contributed by atoms with Gasteiger partial charge >= 0.3 is 0 Å². The van der Waals surface area contributed by atoms with Crippen molar-refractivity contribution < 1.29 is 4.74 Å². The summed E-state index contributed by atoms with van der Waals surface area (Å²) in [4.78, 5) is 7.35. The molecule has 1 aliphatic heterocycles. The van der Waals surface area contributed by atoms with E-state index >= 15 is 0 Å². The molecule has 1 unspecified atom stereocenters. The van der Waals surface area contributed by atoms with E-state index in [1.54, 1.807) is 7.11 Å². The fourth-order valence-electron chi connectivity index (χ4n) is 3.08. The molecular weight excluding hydrogens is 298 g/mol. The number of pyridine rings is 1. The molecule has 2 heterocycles. The Bertz CT molecular complexity index is 645. The number of benzene rings is 1. The van der Waals surface area contributed by atoms with Crippen LogP contribution in [0.5, 0.6) is 0 Å². The molecule has 1 N–H and O–H groups in total. The Morgan fingerprint density at radius 2 is 2.04 bits per heavy atom. The fourth-order valence-corrected chi connectivity index (χ4v) is 3.08. The highest BCUT2D eigenvalue weighted by atomic mass is 16.5. The van der Waals surface area contributed by atoms with Crippen LogP contribution in [0.4, 0.5) is 0 Å². The van der Waals surface area contributed by atoms with Crippen LogP contribution in [-0.4, -0.2) is 36.2 Å². The van der Waals surface area contributed by atoms with E-state index in [0.717, 1.165) is 44.8 Å². The summed E-state index contributed by atoms with van der Waals surface area (Å²) < 4.78 is 5.25. The molecule has 0 spiro atoms. The van der Waals surface area contributed by atoms with Crippen LogP contribution < -0.4 is 5.32 Å². The predicted molar refractivity (Wildman–Crippen MR) is 96.7 cm³/mol. The Hall–Kier alpha value is -1.75. The fraction of sp³-hybridized carbons (Fsp3) is 0.450. The van der Waals surface area contributed by atoms with Gasteiger partial charge in [-0.2, -0.15) is 0 Å². The molecule has 0 radical (unpaired) electrons. The van der Waals surface area contributed by atoms with E-state index in [1.807, 2.05) is 0 Å². The van der Waals surface area contributed by atoms with Gasteiger partial charge in [0.15, 0.2) is 0 Å². The van der Waals surface area contributed by atoms with Gasteiger partial charge in [0.2, 0.25) is 0 Å². The Morgan fingerprint density at radius 3 is 2.83 bits per heavy atom. The van der Waals surface area contributed by atoms with Crippen LogP contribution >= 0.6 is 0 Å². The number of methoxy groups -OCH3 is 1. The summed E-state index contributed by atoms with van der Waals surface area (Å²) in [5.41, 5.74) is 5.13. The van der Waals surface area contributed by atoms with Crippen molar-refractivity contribution in [2.75, 3.05) is 20.2 Å². The van der Waals surface area contributed by atoms with Gasteiger partial charge in [-0.15, -0.1) is 0 Å². The monoisotopic (exact) mass is 325 g/mol. The van der Waals surface area contributed by atoms with Gasteiger partial charge in [0.05, 0.1) is 11.8 Å². The standard InChI is InChI=1S/C20H27N3O/c1-16(24-2)12-21-13-19-9-8-18-15-23(11-10-20(18)22-19)14-17-6-4-3-5-7-17/h3-9,16,21H,10-15H2,1-2H3. The third-order valence-electron chi connectivity index (χ3n) is 4.57. The number of rotatable bonds is 7. The summed E-state index contributed by atoms with van der Waals surface area (Å²) in [6.45, 7) is 6.79. The van der Waals surface area contributed by atoms with Crippen LogP contribution in [-0.2, 0) is 30.8 Å². The lowest BCUT2D eigenvalue weighted by Crippen LogP contribution is -2.31. The van der Waals surface area contributed by atoms with Crippen LogP contribution in [0, 0.1) is 0 Å². The summed E-state index contributed by atoms with van der Waals surface area (Å²) in [6.07, 6.45) is 1.26. The Morgan fingerprint density at radius 1 is 1.21 bits per heavy atom. The molecule has 2 aromatic rings. The van der Waals surface area contributed by atoms with E-state index in [-0.39, 0.29) is 6.10 Å². The summed E-state index contributed by atoms with van der Waals surface area (Å²) in [7, 11) is 1.74. The van der Waals surface area contributed by atoms with Gasteiger partial charge < -0.3 is 10.1 Å². The Kier molecular flexibility index (Phi) is 5.96. The largest absolute Gasteiger partial charge is 0.380 e. The number of ether oxygens (including phenoxy) is 1. The normalized spacial score (nSPS) is 15.9. The molecular formula is C20H27N3O. The summed E-state index contributed by atoms with van der Waals surface area (Å²) >= 11 is 0. The third kappa shape index (κ3) is 4.63. The molecule has 24 heavy (non-hydrogen) atoms. The molecule has 0 fully saturated rings. The van der Waals surface area contributed by atoms with Crippen molar-refractivity contribution in [1.82, 2.24) is 15.2 Å². The molecule has 1 atom stereocenters. The maximum absolute atomic E-state index is 5.25. The lowest BCUT2D eigenvalue weighted by molar-refractivity contribution is 0.117. The SMILES string of the molecule is COC(C)CNCc1ccc2c(n1)CCN(Cc1ccccc1)C2. The molecule has 128 valence electrons. The maximum Gasteiger partial charge on any atom is 0.0667 e. The number of aromatic nitrogens is 1. The number of nitrogens with zero attached hydrogens (tertiary/aromatic N) is 2. The third-order valence-corrected chi connectivity index (χ3v) is 4.57. The minimum atomic E-state index is 0.231. The molecule has 4 nitrogen and oxygen atoms in total. The Labute approximate surface area is 144 Å². The zero-order valence-electron chi connectivity index (χ0n) is 14.7. The van der Waals surface area contributed by atoms with Crippen molar-refractivity contribution in [2.24, 2.45) is 0 Å². The van der Waals surface area contributed by atoms with Gasteiger partial charge in [-0.1, -0.05) is 36.4 Å². The molecule has 1 aromatic heterocycles.